The third-order valence-electron chi connectivity index (χ3n) is 1.67. The average molecular weight is 198 g/mol. The van der Waals surface area contributed by atoms with Crippen LogP contribution in [0.15, 0.2) is 34.2 Å². The van der Waals surface area contributed by atoms with E-state index in [0.29, 0.717) is 0 Å². The third kappa shape index (κ3) is 1.89. The van der Waals surface area contributed by atoms with E-state index in [2.05, 4.69) is 43.3 Å². The first-order chi connectivity index (χ1) is 5.95. The summed E-state index contributed by atoms with van der Waals surface area (Å²) in [6, 6.07) is 0. The van der Waals surface area contributed by atoms with Gasteiger partial charge in [-0.3, -0.25) is 0 Å². The van der Waals surface area contributed by atoms with Gasteiger partial charge in [0, 0.05) is 0 Å². The van der Waals surface area contributed by atoms with Gasteiger partial charge >= 0.3 is 0 Å². The average Bonchev–Trinajstić information content (AvgIpc) is 2.74. The maximum Gasteiger partial charge on any atom is 0.224 e. The maximum atomic E-state index is 2.20. The summed E-state index contributed by atoms with van der Waals surface area (Å²) in [5.41, 5.74) is 4.26. The van der Waals surface area contributed by atoms with E-state index in [1.54, 1.807) is 22.7 Å². The summed E-state index contributed by atoms with van der Waals surface area (Å²) >= 11 is 3.47. The Hall–Kier alpha value is -0.740. The normalized spacial score (nSPS) is 10.3. The summed E-state index contributed by atoms with van der Waals surface area (Å²) in [5.74, 6) is 0. The van der Waals surface area contributed by atoms with Gasteiger partial charge in [-0.15, -0.1) is 0 Å². The van der Waals surface area contributed by atoms with Crippen LogP contribution in [-0.4, -0.2) is 0 Å². The van der Waals surface area contributed by atoms with Crippen LogP contribution in [0, 0.1) is 0 Å². The summed E-state index contributed by atoms with van der Waals surface area (Å²) in [6.45, 7) is 2.12. The molecule has 0 saturated carbocycles. The molecule has 62 valence electrons. The largest absolute Gasteiger partial charge is 0.224 e. The molecule has 0 unspecified atom stereocenters. The van der Waals surface area contributed by atoms with Gasteiger partial charge < -0.3 is 0 Å². The molecule has 0 atom stereocenters. The molecule has 2 nitrogen and oxygen atoms in total. The zero-order valence-corrected chi connectivity index (χ0v) is 8.22. The zero-order valence-electron chi connectivity index (χ0n) is 6.59. The van der Waals surface area contributed by atoms with Gasteiger partial charge in [-0.2, -0.15) is 9.13 Å². The van der Waals surface area contributed by atoms with Crippen LogP contribution >= 0.6 is 22.7 Å². The highest BCUT2D eigenvalue weighted by Crippen LogP contribution is 1.89. The quantitative estimate of drug-likeness (QED) is 0.652. The molecule has 0 fully saturated rings. The van der Waals surface area contributed by atoms with E-state index in [9.17, 15) is 0 Å². The minimum Gasteiger partial charge on any atom is -0.189 e. The molecule has 0 radical (unpaired) electrons. The van der Waals surface area contributed by atoms with E-state index in [1.165, 1.54) is 0 Å². The van der Waals surface area contributed by atoms with Crippen molar-refractivity contribution < 1.29 is 9.13 Å². The summed E-state index contributed by atoms with van der Waals surface area (Å²) < 4.78 is 4.41. The number of rotatable bonds is 3. The van der Waals surface area contributed by atoms with Crippen molar-refractivity contribution in [1.82, 2.24) is 0 Å². The monoisotopic (exact) mass is 198 g/mol. The van der Waals surface area contributed by atoms with Crippen LogP contribution in [0.2, 0.25) is 0 Å². The molecule has 2 rings (SSSR count). The Kier molecular flexibility index (Phi) is 2.48. The van der Waals surface area contributed by atoms with Crippen LogP contribution in [0.25, 0.3) is 0 Å². The van der Waals surface area contributed by atoms with Crippen molar-refractivity contribution in [2.24, 2.45) is 0 Å². The molecule has 0 N–H and O–H groups in total. The highest BCUT2D eigenvalue weighted by Gasteiger charge is 2.05. The highest BCUT2D eigenvalue weighted by molar-refractivity contribution is 7.07. The summed E-state index contributed by atoms with van der Waals surface area (Å²) in [5, 5.41) is 4.19. The van der Waals surface area contributed by atoms with Gasteiger partial charge in [0.05, 0.1) is 10.8 Å². The number of aryl methyl sites for hydroxylation is 2. The predicted octanol–water partition coefficient (Wildman–Crippen LogP) is 1.08. The second-order valence-corrected chi connectivity index (χ2v) is 4.04. The number of hydrogen-bond donors (Lipinski definition) is 0. The van der Waals surface area contributed by atoms with E-state index < -0.39 is 0 Å². The lowest BCUT2D eigenvalue weighted by molar-refractivity contribution is -0.774. The van der Waals surface area contributed by atoms with Crippen molar-refractivity contribution in [2.45, 2.75) is 13.1 Å². The van der Waals surface area contributed by atoms with E-state index >= 15 is 0 Å². The molecule has 0 aromatic carbocycles. The number of aromatic nitrogens is 2. The van der Waals surface area contributed by atoms with Crippen molar-refractivity contribution >= 4 is 22.7 Å². The fraction of sp³-hybridized carbons (Fsp3) is 0.250. The molecule has 0 spiro atoms. The van der Waals surface area contributed by atoms with Crippen LogP contribution in [0.1, 0.15) is 0 Å². The molecule has 2 heterocycles. The van der Waals surface area contributed by atoms with Gasteiger partial charge in [-0.25, -0.2) is 0 Å². The Morgan fingerprint density at radius 2 is 1.33 bits per heavy atom. The molecule has 0 aliphatic heterocycles. The van der Waals surface area contributed by atoms with Gasteiger partial charge in [0.15, 0.2) is 12.4 Å². The molecule has 2 aromatic heterocycles. The molecule has 12 heavy (non-hydrogen) atoms. The fourth-order valence-corrected chi connectivity index (χ4v) is 2.27. The van der Waals surface area contributed by atoms with Crippen LogP contribution in [0.3, 0.4) is 0 Å². The van der Waals surface area contributed by atoms with Crippen LogP contribution in [0.5, 0.6) is 0 Å². The Bertz CT molecular complexity index is 278. The van der Waals surface area contributed by atoms with Gasteiger partial charge in [0.1, 0.15) is 0 Å². The molecule has 0 aliphatic rings. The maximum absolute atomic E-state index is 2.20. The first-order valence-corrected chi connectivity index (χ1v) is 5.66. The van der Waals surface area contributed by atoms with E-state index in [-0.39, 0.29) is 0 Å². The van der Waals surface area contributed by atoms with Crippen molar-refractivity contribution in [3.63, 3.8) is 0 Å². The zero-order chi connectivity index (χ0) is 8.23. The van der Waals surface area contributed by atoms with E-state index in [0.717, 1.165) is 13.1 Å². The van der Waals surface area contributed by atoms with Crippen LogP contribution in [0.4, 0.5) is 0 Å². The Labute approximate surface area is 79.4 Å². The van der Waals surface area contributed by atoms with Crippen molar-refractivity contribution in [3.8, 4) is 0 Å². The Morgan fingerprint density at radius 3 is 1.67 bits per heavy atom. The minimum absolute atomic E-state index is 1.06. The molecule has 4 heteroatoms. The molecule has 0 bridgehead atoms. The first-order valence-electron chi connectivity index (χ1n) is 3.77. The molecular formula is C8H10N2S2+2. The van der Waals surface area contributed by atoms with Crippen LogP contribution < -0.4 is 9.13 Å². The highest BCUT2D eigenvalue weighted by atomic mass is 32.1. The van der Waals surface area contributed by atoms with Crippen molar-refractivity contribution in [3.05, 3.63) is 34.2 Å². The third-order valence-corrected chi connectivity index (χ3v) is 3.01. The summed E-state index contributed by atoms with van der Waals surface area (Å²) in [7, 11) is 0. The molecule has 0 saturated heterocycles. The fourth-order valence-electron chi connectivity index (χ4n) is 1.01. The van der Waals surface area contributed by atoms with Gasteiger partial charge in [0.2, 0.25) is 24.1 Å². The lowest BCUT2D eigenvalue weighted by Crippen LogP contribution is -2.41. The second-order valence-electron chi connectivity index (χ2n) is 2.53. The van der Waals surface area contributed by atoms with Gasteiger partial charge in [0.25, 0.3) is 0 Å². The summed E-state index contributed by atoms with van der Waals surface area (Å²) in [4.78, 5) is 0. The Balaban J connectivity index is 1.91. The summed E-state index contributed by atoms with van der Waals surface area (Å²) in [6.07, 6.45) is 4.22. The van der Waals surface area contributed by atoms with Crippen LogP contribution in [-0.2, 0) is 13.1 Å². The number of hydrogen-bond acceptors (Lipinski definition) is 2. The second kappa shape index (κ2) is 3.78. The van der Waals surface area contributed by atoms with E-state index in [4.69, 9.17) is 0 Å². The molecular weight excluding hydrogens is 188 g/mol. The standard InChI is InChI=1S/C8H10N2S2/c1(9-3-5-11-7-9)2-10-4-6-12-8-10/h3-8H,1-2H2/q+2. The molecule has 2 aromatic rings. The van der Waals surface area contributed by atoms with Crippen molar-refractivity contribution in [2.75, 3.05) is 0 Å². The molecule has 0 aliphatic carbocycles. The van der Waals surface area contributed by atoms with Gasteiger partial charge in [-0.1, -0.05) is 22.7 Å². The first kappa shape index (κ1) is 7.89. The topological polar surface area (TPSA) is 7.76 Å². The minimum atomic E-state index is 1.06. The van der Waals surface area contributed by atoms with Crippen molar-refractivity contribution in [1.29, 1.82) is 0 Å². The predicted molar refractivity (Wildman–Crippen MR) is 49.0 cm³/mol. The number of thiazole rings is 2. The molecule has 0 amide bonds. The Morgan fingerprint density at radius 1 is 0.833 bits per heavy atom. The number of nitrogens with zero attached hydrogens (tertiary/aromatic N) is 2. The lowest BCUT2D eigenvalue weighted by Gasteiger charge is -1.86. The van der Waals surface area contributed by atoms with Gasteiger partial charge in [-0.05, 0) is 0 Å². The van der Waals surface area contributed by atoms with E-state index in [1.807, 2.05) is 0 Å². The SMILES string of the molecule is c1c[n+](CC[n+]2ccsc2)cs1. The lowest BCUT2D eigenvalue weighted by atomic mass is 10.6. The smallest absolute Gasteiger partial charge is 0.189 e.